The fraction of sp³-hybridized carbons (Fsp3) is 0.105. The number of esters is 1. The minimum absolute atomic E-state index is 0.0697. The lowest BCUT2D eigenvalue weighted by Gasteiger charge is -2.14. The Balaban J connectivity index is 2.08. The number of rotatable bonds is 7. The van der Waals surface area contributed by atoms with Gasteiger partial charge in [0.15, 0.2) is 5.82 Å². The molecule has 4 N–H and O–H groups in total. The third-order valence-electron chi connectivity index (χ3n) is 4.23. The molecule has 2 aromatic carbocycles. The summed E-state index contributed by atoms with van der Waals surface area (Å²) in [6, 6.07) is 8.57. The van der Waals surface area contributed by atoms with Gasteiger partial charge in [0.2, 0.25) is 0 Å². The van der Waals surface area contributed by atoms with E-state index in [2.05, 4.69) is 24.9 Å². The Morgan fingerprint density at radius 3 is 2.65 bits per heavy atom. The van der Waals surface area contributed by atoms with Crippen LogP contribution in [0.2, 0.25) is 5.02 Å². The number of benzene rings is 2. The fourth-order valence-corrected chi connectivity index (χ4v) is 4.08. The molecule has 0 bridgehead atoms. The third kappa shape index (κ3) is 4.68. The Morgan fingerprint density at radius 1 is 1.19 bits per heavy atom. The molecule has 162 valence electrons. The predicted octanol–water partition coefficient (Wildman–Crippen LogP) is 2.61. The van der Waals surface area contributed by atoms with Crippen LogP contribution in [0.4, 0.5) is 11.5 Å². The van der Waals surface area contributed by atoms with Crippen molar-refractivity contribution in [3.05, 3.63) is 53.2 Å². The highest BCUT2D eigenvalue weighted by Gasteiger charge is 2.20. The molecule has 1 aromatic heterocycles. The van der Waals surface area contributed by atoms with Crippen LogP contribution in [0.3, 0.4) is 0 Å². The number of nitrogens with one attached hydrogen (secondary N) is 2. The molecule has 12 heteroatoms. The van der Waals surface area contributed by atoms with Crippen molar-refractivity contribution in [1.29, 1.82) is 0 Å². The molecule has 1 heterocycles. The Kier molecular flexibility index (Phi) is 6.59. The molecule has 0 aliphatic heterocycles. The van der Waals surface area contributed by atoms with Gasteiger partial charge in [-0.05, 0) is 30.3 Å². The lowest BCUT2D eigenvalue weighted by molar-refractivity contribution is 0.0600. The summed E-state index contributed by atoms with van der Waals surface area (Å²) >= 11 is 6.18. The Hall–Kier alpha value is -3.41. The first kappa shape index (κ1) is 22.3. The number of anilines is 1. The lowest BCUT2D eigenvalue weighted by atomic mass is 10.1. The summed E-state index contributed by atoms with van der Waals surface area (Å²) in [6.07, 6.45) is 2.61. The number of carbonyl (C=O) groups excluding carboxylic acids is 1. The van der Waals surface area contributed by atoms with E-state index in [1.165, 1.54) is 57.1 Å². The van der Waals surface area contributed by atoms with Gasteiger partial charge >= 0.3 is 5.97 Å². The van der Waals surface area contributed by atoms with Crippen molar-refractivity contribution in [3.63, 3.8) is 0 Å². The first-order chi connectivity index (χ1) is 14.8. The number of hydrogen-bond donors (Lipinski definition) is 3. The summed E-state index contributed by atoms with van der Waals surface area (Å²) in [5, 5.41) is 1.29. The van der Waals surface area contributed by atoms with Crippen molar-refractivity contribution in [2.45, 2.75) is 4.90 Å². The number of aromatic nitrogens is 1. The van der Waals surface area contributed by atoms with Crippen LogP contribution in [0.1, 0.15) is 10.4 Å². The van der Waals surface area contributed by atoms with Crippen LogP contribution < -0.4 is 20.7 Å². The zero-order chi connectivity index (χ0) is 22.6. The quantitative estimate of drug-likeness (QED) is 0.159. The van der Waals surface area contributed by atoms with E-state index in [0.717, 1.165) is 0 Å². The second kappa shape index (κ2) is 9.16. The maximum Gasteiger partial charge on any atom is 0.337 e. The average molecular weight is 464 g/mol. The van der Waals surface area contributed by atoms with Crippen LogP contribution in [0.15, 0.2) is 52.5 Å². The summed E-state index contributed by atoms with van der Waals surface area (Å²) in [7, 11) is -1.48. The highest BCUT2D eigenvalue weighted by atomic mass is 35.5. The van der Waals surface area contributed by atoms with Crippen molar-refractivity contribution < 1.29 is 22.7 Å². The first-order valence-corrected chi connectivity index (χ1v) is 10.5. The number of methoxy groups -OCH3 is 2. The summed E-state index contributed by atoms with van der Waals surface area (Å²) in [6.45, 7) is 0. The van der Waals surface area contributed by atoms with E-state index in [-0.39, 0.29) is 27.7 Å². The molecule has 3 aromatic rings. The molecule has 0 unspecified atom stereocenters. The van der Waals surface area contributed by atoms with E-state index >= 15 is 0 Å². The van der Waals surface area contributed by atoms with Gasteiger partial charge in [-0.2, -0.15) is 0 Å². The Bertz CT molecular complexity index is 1280. The maximum absolute atomic E-state index is 13.1. The fourth-order valence-electron chi connectivity index (χ4n) is 2.78. The molecule has 0 radical (unpaired) electrons. The van der Waals surface area contributed by atoms with E-state index < -0.39 is 16.0 Å². The normalized spacial score (nSPS) is 11.5. The molecular weight excluding hydrogens is 446 g/mol. The maximum atomic E-state index is 13.1. The molecule has 0 amide bonds. The number of nitrogens with two attached hydrogens (primary N) is 1. The van der Waals surface area contributed by atoms with E-state index in [4.69, 9.17) is 22.2 Å². The summed E-state index contributed by atoms with van der Waals surface area (Å²) in [4.78, 5) is 19.9. The summed E-state index contributed by atoms with van der Waals surface area (Å²) in [5.74, 6) is 5.03. The van der Waals surface area contributed by atoms with E-state index in [1.807, 2.05) is 0 Å². The second-order valence-electron chi connectivity index (χ2n) is 6.07. The molecule has 0 saturated heterocycles. The van der Waals surface area contributed by atoms with Gasteiger partial charge < -0.3 is 14.9 Å². The largest absolute Gasteiger partial charge is 0.495 e. The van der Waals surface area contributed by atoms with Gasteiger partial charge in [0, 0.05) is 17.0 Å². The second-order valence-corrected chi connectivity index (χ2v) is 8.16. The molecule has 31 heavy (non-hydrogen) atoms. The monoisotopic (exact) mass is 463 g/mol. The van der Waals surface area contributed by atoms with Crippen molar-refractivity contribution in [1.82, 2.24) is 10.4 Å². The number of aliphatic imine (C=N–C) groups is 1. The van der Waals surface area contributed by atoms with Crippen molar-refractivity contribution >= 4 is 56.2 Å². The zero-order valence-corrected chi connectivity index (χ0v) is 18.0. The van der Waals surface area contributed by atoms with Gasteiger partial charge in [-0.15, -0.1) is 0 Å². The van der Waals surface area contributed by atoms with E-state index in [1.54, 1.807) is 6.07 Å². The van der Waals surface area contributed by atoms with Crippen LogP contribution in [-0.4, -0.2) is 39.9 Å². The lowest BCUT2D eigenvalue weighted by Crippen LogP contribution is -2.18. The number of hydrazine groups is 1. The minimum Gasteiger partial charge on any atom is -0.495 e. The molecule has 0 spiro atoms. The standard InChI is InChI=1S/C19H18ClN5O5S/c1-29-17-6-3-11(19(26)30-2)7-16(17)25-31(27,28)12-4-5-13-14(8-12)18(23-10-24-21)22-9-15(13)20/h3-10,25H,21H2,1-2H3,(H,22,23,24). The third-order valence-corrected chi connectivity index (χ3v) is 5.89. The minimum atomic E-state index is -4.08. The van der Waals surface area contributed by atoms with Crippen molar-refractivity contribution in [2.24, 2.45) is 10.8 Å². The SMILES string of the molecule is COC(=O)c1ccc(OC)c(NS(=O)(=O)c2ccc3c(Cl)cnc(N=CNN)c3c2)c1. The highest BCUT2D eigenvalue weighted by Crippen LogP contribution is 2.33. The molecule has 10 nitrogen and oxygen atoms in total. The average Bonchev–Trinajstić information content (AvgIpc) is 2.77. The Morgan fingerprint density at radius 2 is 1.97 bits per heavy atom. The molecule has 0 saturated carbocycles. The van der Waals surface area contributed by atoms with Crippen LogP contribution in [0, 0.1) is 0 Å². The highest BCUT2D eigenvalue weighted by molar-refractivity contribution is 7.92. The molecule has 0 aliphatic rings. The van der Waals surface area contributed by atoms with Crippen LogP contribution in [0.5, 0.6) is 5.75 Å². The number of halogens is 1. The molecule has 0 fully saturated rings. The predicted molar refractivity (Wildman–Crippen MR) is 117 cm³/mol. The number of nitrogens with zero attached hydrogens (tertiary/aromatic N) is 2. The molecular formula is C19H18ClN5O5S. The summed E-state index contributed by atoms with van der Waals surface area (Å²) in [5.41, 5.74) is 2.48. The van der Waals surface area contributed by atoms with Crippen molar-refractivity contribution in [2.75, 3.05) is 18.9 Å². The van der Waals surface area contributed by atoms with Gasteiger partial charge in [0.25, 0.3) is 10.0 Å². The van der Waals surface area contributed by atoms with Crippen LogP contribution in [0.25, 0.3) is 10.8 Å². The number of hydrogen-bond acceptors (Lipinski definition) is 8. The number of sulfonamides is 1. The number of carbonyl (C=O) groups is 1. The first-order valence-electron chi connectivity index (χ1n) is 8.67. The topological polar surface area (TPSA) is 145 Å². The zero-order valence-electron chi connectivity index (χ0n) is 16.4. The molecule has 0 aliphatic carbocycles. The smallest absolute Gasteiger partial charge is 0.337 e. The molecule has 3 rings (SSSR count). The number of pyridine rings is 1. The van der Waals surface area contributed by atoms with Crippen LogP contribution in [-0.2, 0) is 14.8 Å². The van der Waals surface area contributed by atoms with Gasteiger partial charge in [-0.3, -0.25) is 4.72 Å². The van der Waals surface area contributed by atoms with Gasteiger partial charge in [-0.1, -0.05) is 17.7 Å². The van der Waals surface area contributed by atoms with Crippen molar-refractivity contribution in [3.8, 4) is 5.75 Å². The van der Waals surface area contributed by atoms with Crippen LogP contribution >= 0.6 is 11.6 Å². The molecule has 0 atom stereocenters. The van der Waals surface area contributed by atoms with E-state index in [0.29, 0.717) is 15.8 Å². The Labute approximate surface area is 183 Å². The van der Waals surface area contributed by atoms with Gasteiger partial charge in [0.1, 0.15) is 12.1 Å². The summed E-state index contributed by atoms with van der Waals surface area (Å²) < 4.78 is 38.4. The van der Waals surface area contributed by atoms with E-state index in [9.17, 15) is 13.2 Å². The van der Waals surface area contributed by atoms with Gasteiger partial charge in [-0.25, -0.2) is 29.0 Å². The van der Waals surface area contributed by atoms with Gasteiger partial charge in [0.05, 0.1) is 35.4 Å². The number of fused-ring (bicyclic) bond motifs is 1. The number of ether oxygens (including phenoxy) is 2.